The number of benzene rings is 2. The van der Waals surface area contributed by atoms with Crippen molar-refractivity contribution in [1.29, 1.82) is 0 Å². The Balaban J connectivity index is 2.11. The highest BCUT2D eigenvalue weighted by Gasteiger charge is 2.14. The van der Waals surface area contributed by atoms with Crippen LogP contribution in [-0.4, -0.2) is 5.11 Å². The second-order valence-corrected chi connectivity index (χ2v) is 6.17. The van der Waals surface area contributed by atoms with Crippen LogP contribution in [0.15, 0.2) is 42.5 Å². The zero-order valence-corrected chi connectivity index (χ0v) is 13.1. The molecule has 0 radical (unpaired) electrons. The number of aliphatic hydroxyl groups excluding tert-OH is 1. The van der Waals surface area contributed by atoms with Crippen molar-refractivity contribution in [2.75, 3.05) is 0 Å². The van der Waals surface area contributed by atoms with Crippen LogP contribution in [0.3, 0.4) is 0 Å². The molecule has 0 heterocycles. The molecule has 0 bridgehead atoms. The Kier molecular flexibility index (Phi) is 5.38. The molecule has 2 aromatic rings. The summed E-state index contributed by atoms with van der Waals surface area (Å²) in [5.41, 5.74) is 2.38. The second kappa shape index (κ2) is 7.06. The van der Waals surface area contributed by atoms with Crippen LogP contribution >= 0.6 is 11.6 Å². The van der Waals surface area contributed by atoms with Crippen molar-refractivity contribution < 1.29 is 9.50 Å². The molecule has 1 atom stereocenters. The van der Waals surface area contributed by atoms with Gasteiger partial charge in [-0.25, -0.2) is 4.39 Å². The van der Waals surface area contributed by atoms with Crippen LogP contribution in [0.25, 0.3) is 0 Å². The smallest absolute Gasteiger partial charge is 0.127 e. The monoisotopic (exact) mass is 306 g/mol. The Morgan fingerprint density at radius 3 is 2.29 bits per heavy atom. The summed E-state index contributed by atoms with van der Waals surface area (Å²) in [7, 11) is 0. The minimum atomic E-state index is -0.757. The van der Waals surface area contributed by atoms with Crippen molar-refractivity contribution >= 4 is 11.6 Å². The van der Waals surface area contributed by atoms with E-state index in [-0.39, 0.29) is 12.2 Å². The maximum absolute atomic E-state index is 13.7. The second-order valence-electron chi connectivity index (χ2n) is 5.76. The van der Waals surface area contributed by atoms with Gasteiger partial charge in [0.2, 0.25) is 0 Å². The number of rotatable bonds is 5. The first-order chi connectivity index (χ1) is 9.97. The lowest BCUT2D eigenvalue weighted by molar-refractivity contribution is 0.177. The molecular formula is C18H20ClFO. The van der Waals surface area contributed by atoms with Gasteiger partial charge in [-0.1, -0.05) is 55.8 Å². The molecule has 0 saturated carbocycles. The van der Waals surface area contributed by atoms with Crippen LogP contribution in [0.2, 0.25) is 5.02 Å². The molecule has 0 aliphatic heterocycles. The molecule has 0 aliphatic carbocycles. The highest BCUT2D eigenvalue weighted by Crippen LogP contribution is 2.26. The third kappa shape index (κ3) is 4.29. The Bertz CT molecular complexity index is 572. The summed E-state index contributed by atoms with van der Waals surface area (Å²) in [5.74, 6) is 0.218. The van der Waals surface area contributed by atoms with Gasteiger partial charge in [0.05, 0.1) is 6.10 Å². The summed E-state index contributed by atoms with van der Waals surface area (Å²) in [4.78, 5) is 0. The van der Waals surface area contributed by atoms with Gasteiger partial charge in [0, 0.05) is 17.0 Å². The fraction of sp³-hybridized carbons (Fsp3) is 0.333. The molecule has 3 heteroatoms. The third-order valence-electron chi connectivity index (χ3n) is 3.47. The topological polar surface area (TPSA) is 20.2 Å². The Hall–Kier alpha value is -1.38. The van der Waals surface area contributed by atoms with E-state index in [1.165, 1.54) is 11.6 Å². The highest BCUT2D eigenvalue weighted by molar-refractivity contribution is 6.31. The minimum Gasteiger partial charge on any atom is -0.388 e. The van der Waals surface area contributed by atoms with Crippen molar-refractivity contribution in [1.82, 2.24) is 0 Å². The molecule has 1 nitrogen and oxygen atoms in total. The van der Waals surface area contributed by atoms with Gasteiger partial charge in [0.25, 0.3) is 0 Å². The van der Waals surface area contributed by atoms with Gasteiger partial charge in [0.15, 0.2) is 0 Å². The van der Waals surface area contributed by atoms with E-state index in [0.717, 1.165) is 12.0 Å². The predicted molar refractivity (Wildman–Crippen MR) is 85.1 cm³/mol. The zero-order chi connectivity index (χ0) is 15.4. The lowest BCUT2D eigenvalue weighted by atomic mass is 9.97. The third-order valence-corrected chi connectivity index (χ3v) is 3.82. The largest absolute Gasteiger partial charge is 0.388 e. The Morgan fingerprint density at radius 1 is 1.05 bits per heavy atom. The number of aliphatic hydroxyl groups is 1. The molecule has 0 aromatic heterocycles. The first kappa shape index (κ1) is 16.0. The summed E-state index contributed by atoms with van der Waals surface area (Å²) in [6.07, 6.45) is 0.428. The quantitative estimate of drug-likeness (QED) is 0.828. The van der Waals surface area contributed by atoms with Gasteiger partial charge in [0.1, 0.15) is 5.82 Å². The standard InChI is InChI=1S/C18H20ClFO/c1-12(2)10-13-6-8-14(9-7-13)18(21)11-15-16(19)4-3-5-17(15)20/h3-9,12,18,21H,10-11H2,1-2H3. The summed E-state index contributed by atoms with van der Waals surface area (Å²) in [5, 5.41) is 10.6. The van der Waals surface area contributed by atoms with Gasteiger partial charge in [-0.15, -0.1) is 0 Å². The maximum Gasteiger partial charge on any atom is 0.127 e. The molecule has 0 spiro atoms. The maximum atomic E-state index is 13.7. The molecule has 0 saturated heterocycles. The molecule has 1 N–H and O–H groups in total. The van der Waals surface area contributed by atoms with E-state index in [1.807, 2.05) is 24.3 Å². The lowest BCUT2D eigenvalue weighted by Crippen LogP contribution is -2.04. The van der Waals surface area contributed by atoms with Crippen LogP contribution < -0.4 is 0 Å². The van der Waals surface area contributed by atoms with Crippen molar-refractivity contribution in [2.45, 2.75) is 32.8 Å². The Labute approximate surface area is 130 Å². The molecule has 2 aromatic carbocycles. The SMILES string of the molecule is CC(C)Cc1ccc(C(O)Cc2c(F)cccc2Cl)cc1. The average Bonchev–Trinajstić information content (AvgIpc) is 2.43. The first-order valence-electron chi connectivity index (χ1n) is 7.17. The van der Waals surface area contributed by atoms with E-state index < -0.39 is 6.10 Å². The van der Waals surface area contributed by atoms with E-state index in [0.29, 0.717) is 16.5 Å². The van der Waals surface area contributed by atoms with Gasteiger partial charge < -0.3 is 5.11 Å². The van der Waals surface area contributed by atoms with Crippen molar-refractivity contribution in [3.05, 3.63) is 70.0 Å². The highest BCUT2D eigenvalue weighted by atomic mass is 35.5. The van der Waals surface area contributed by atoms with Crippen LogP contribution in [0.4, 0.5) is 4.39 Å². The van der Waals surface area contributed by atoms with E-state index in [4.69, 9.17) is 11.6 Å². The van der Waals surface area contributed by atoms with E-state index in [1.54, 1.807) is 12.1 Å². The van der Waals surface area contributed by atoms with Crippen molar-refractivity contribution in [3.63, 3.8) is 0 Å². The average molecular weight is 307 g/mol. The molecule has 1 unspecified atom stereocenters. The summed E-state index contributed by atoms with van der Waals surface area (Å²) >= 11 is 5.99. The molecule has 112 valence electrons. The molecule has 0 amide bonds. The van der Waals surface area contributed by atoms with Crippen molar-refractivity contribution in [3.8, 4) is 0 Å². The van der Waals surface area contributed by atoms with Crippen LogP contribution in [0.1, 0.15) is 36.6 Å². The fourth-order valence-electron chi connectivity index (χ4n) is 2.39. The van der Waals surface area contributed by atoms with Gasteiger partial charge in [-0.3, -0.25) is 0 Å². The molecule has 0 aliphatic rings. The molecule has 2 rings (SSSR count). The summed E-state index contributed by atoms with van der Waals surface area (Å²) in [6, 6.07) is 12.4. The first-order valence-corrected chi connectivity index (χ1v) is 7.55. The van der Waals surface area contributed by atoms with Crippen LogP contribution in [0.5, 0.6) is 0 Å². The molecule has 21 heavy (non-hydrogen) atoms. The van der Waals surface area contributed by atoms with Gasteiger partial charge in [-0.2, -0.15) is 0 Å². The lowest BCUT2D eigenvalue weighted by Gasteiger charge is -2.14. The van der Waals surface area contributed by atoms with Crippen LogP contribution in [0, 0.1) is 11.7 Å². The number of hydrogen-bond acceptors (Lipinski definition) is 1. The van der Waals surface area contributed by atoms with Crippen molar-refractivity contribution in [2.24, 2.45) is 5.92 Å². The summed E-state index contributed by atoms with van der Waals surface area (Å²) < 4.78 is 13.7. The number of hydrogen-bond donors (Lipinski definition) is 1. The van der Waals surface area contributed by atoms with E-state index in [2.05, 4.69) is 13.8 Å². The predicted octanol–water partition coefficient (Wildman–Crippen LogP) is 4.95. The van der Waals surface area contributed by atoms with Gasteiger partial charge >= 0.3 is 0 Å². The zero-order valence-electron chi connectivity index (χ0n) is 12.3. The fourth-order valence-corrected chi connectivity index (χ4v) is 2.63. The molecular weight excluding hydrogens is 287 g/mol. The number of halogens is 2. The Morgan fingerprint density at radius 2 is 1.71 bits per heavy atom. The van der Waals surface area contributed by atoms with E-state index >= 15 is 0 Å². The summed E-state index contributed by atoms with van der Waals surface area (Å²) in [6.45, 7) is 4.34. The normalized spacial score (nSPS) is 12.7. The minimum absolute atomic E-state index is 0.176. The van der Waals surface area contributed by atoms with Crippen LogP contribution in [-0.2, 0) is 12.8 Å². The van der Waals surface area contributed by atoms with Gasteiger partial charge in [-0.05, 0) is 35.6 Å². The van der Waals surface area contributed by atoms with E-state index in [9.17, 15) is 9.50 Å². The molecule has 0 fully saturated rings.